The number of carbonyl (C=O) groups excluding carboxylic acids is 1. The molecule has 0 heterocycles. The maximum absolute atomic E-state index is 12.3. The zero-order valence-corrected chi connectivity index (χ0v) is 14.1. The Bertz CT molecular complexity index is 654. The lowest BCUT2D eigenvalue weighted by Crippen LogP contribution is -2.16. The predicted octanol–water partition coefficient (Wildman–Crippen LogP) is 2.99. The zero-order valence-electron chi connectivity index (χ0n) is 14.1. The summed E-state index contributed by atoms with van der Waals surface area (Å²) in [4.78, 5) is 12.3. The zero-order chi connectivity index (χ0) is 17.4. The van der Waals surface area contributed by atoms with Gasteiger partial charge in [0.1, 0.15) is 18.1 Å². The monoisotopic (exact) mass is 328 g/mol. The summed E-state index contributed by atoms with van der Waals surface area (Å²) in [6.45, 7) is 4.87. The van der Waals surface area contributed by atoms with Crippen LogP contribution in [0.15, 0.2) is 48.5 Å². The van der Waals surface area contributed by atoms with Crippen molar-refractivity contribution in [1.29, 1.82) is 0 Å². The minimum atomic E-state index is -0.0922. The van der Waals surface area contributed by atoms with Crippen LogP contribution in [0.2, 0.25) is 0 Å². The molecular formula is C19H24N2O3. The first-order valence-corrected chi connectivity index (χ1v) is 8.06. The highest BCUT2D eigenvalue weighted by atomic mass is 16.5. The average molecular weight is 328 g/mol. The molecule has 2 rings (SSSR count). The Hall–Kier alpha value is -2.53. The summed E-state index contributed by atoms with van der Waals surface area (Å²) in [6.07, 6.45) is 0.323. The normalized spacial score (nSPS) is 10.5. The van der Waals surface area contributed by atoms with Crippen molar-refractivity contribution in [3.63, 3.8) is 0 Å². The molecule has 0 aromatic heterocycles. The number of nitrogens with one attached hydrogen (secondary N) is 1. The van der Waals surface area contributed by atoms with Crippen LogP contribution in [-0.2, 0) is 11.2 Å². The molecule has 0 fully saturated rings. The maximum Gasteiger partial charge on any atom is 0.228 e. The van der Waals surface area contributed by atoms with Gasteiger partial charge in [-0.05, 0) is 44.2 Å². The Morgan fingerprint density at radius 2 is 1.83 bits per heavy atom. The second-order valence-electron chi connectivity index (χ2n) is 5.66. The Kier molecular flexibility index (Phi) is 6.63. The van der Waals surface area contributed by atoms with Crippen molar-refractivity contribution in [3.8, 4) is 11.5 Å². The first-order chi connectivity index (χ1) is 11.6. The standard InChI is InChI=1S/C19H24N2O3/c1-14(2)24-18-6-4-3-5-15(18)13-19(22)21-16-7-9-17(10-8-16)23-12-11-20/h3-10,14H,11-13,20H2,1-2H3,(H,21,22). The van der Waals surface area contributed by atoms with Crippen molar-refractivity contribution < 1.29 is 14.3 Å². The quantitative estimate of drug-likeness (QED) is 0.781. The van der Waals surface area contributed by atoms with Crippen LogP contribution in [0, 0.1) is 0 Å². The third kappa shape index (κ3) is 5.59. The van der Waals surface area contributed by atoms with Gasteiger partial charge in [-0.1, -0.05) is 18.2 Å². The van der Waals surface area contributed by atoms with Gasteiger partial charge in [-0.15, -0.1) is 0 Å². The third-order valence-corrected chi connectivity index (χ3v) is 3.21. The highest BCUT2D eigenvalue weighted by Gasteiger charge is 2.10. The number of ether oxygens (including phenoxy) is 2. The number of carbonyl (C=O) groups is 1. The molecule has 0 saturated carbocycles. The van der Waals surface area contributed by atoms with Crippen LogP contribution in [-0.4, -0.2) is 25.2 Å². The average Bonchev–Trinajstić information content (AvgIpc) is 2.55. The Morgan fingerprint density at radius 3 is 2.50 bits per heavy atom. The first kappa shape index (κ1) is 17.8. The van der Waals surface area contributed by atoms with Gasteiger partial charge in [0.15, 0.2) is 0 Å². The number of rotatable bonds is 8. The number of hydrogen-bond donors (Lipinski definition) is 2. The van der Waals surface area contributed by atoms with E-state index in [2.05, 4.69) is 5.32 Å². The van der Waals surface area contributed by atoms with E-state index in [4.69, 9.17) is 15.2 Å². The summed E-state index contributed by atoms with van der Waals surface area (Å²) in [5, 5.41) is 2.88. The van der Waals surface area contributed by atoms with Gasteiger partial charge >= 0.3 is 0 Å². The molecule has 24 heavy (non-hydrogen) atoms. The lowest BCUT2D eigenvalue weighted by atomic mass is 10.1. The van der Waals surface area contributed by atoms with E-state index in [1.54, 1.807) is 24.3 Å². The van der Waals surface area contributed by atoms with Gasteiger partial charge in [0, 0.05) is 17.8 Å². The lowest BCUT2D eigenvalue weighted by molar-refractivity contribution is -0.115. The molecule has 0 atom stereocenters. The lowest BCUT2D eigenvalue weighted by Gasteiger charge is -2.14. The van der Waals surface area contributed by atoms with Crippen LogP contribution in [0.5, 0.6) is 11.5 Å². The number of hydrogen-bond acceptors (Lipinski definition) is 4. The SMILES string of the molecule is CC(C)Oc1ccccc1CC(=O)Nc1ccc(OCCN)cc1. The van der Waals surface area contributed by atoms with Crippen molar-refractivity contribution in [2.24, 2.45) is 5.73 Å². The summed E-state index contributed by atoms with van der Waals surface area (Å²) in [5.74, 6) is 1.38. The molecule has 0 unspecified atom stereocenters. The summed E-state index contributed by atoms with van der Waals surface area (Å²) in [6, 6.07) is 14.8. The van der Waals surface area contributed by atoms with E-state index in [-0.39, 0.29) is 18.4 Å². The topological polar surface area (TPSA) is 73.6 Å². The number of nitrogens with two attached hydrogens (primary N) is 1. The Balaban J connectivity index is 1.96. The minimum absolute atomic E-state index is 0.0651. The summed E-state index contributed by atoms with van der Waals surface area (Å²) >= 11 is 0. The smallest absolute Gasteiger partial charge is 0.228 e. The fraction of sp³-hybridized carbons (Fsp3) is 0.316. The molecule has 3 N–H and O–H groups in total. The Labute approximate surface area is 142 Å². The first-order valence-electron chi connectivity index (χ1n) is 8.06. The Morgan fingerprint density at radius 1 is 1.12 bits per heavy atom. The van der Waals surface area contributed by atoms with Gasteiger partial charge < -0.3 is 20.5 Å². The van der Waals surface area contributed by atoms with E-state index < -0.39 is 0 Å². The highest BCUT2D eigenvalue weighted by molar-refractivity contribution is 5.92. The van der Waals surface area contributed by atoms with Gasteiger partial charge in [-0.25, -0.2) is 0 Å². The van der Waals surface area contributed by atoms with Gasteiger partial charge in [-0.2, -0.15) is 0 Å². The minimum Gasteiger partial charge on any atom is -0.492 e. The summed E-state index contributed by atoms with van der Waals surface area (Å²) < 4.78 is 11.2. The number of amides is 1. The maximum atomic E-state index is 12.3. The van der Waals surface area contributed by atoms with E-state index in [0.717, 1.165) is 22.7 Å². The number of para-hydroxylation sites is 1. The molecule has 5 nitrogen and oxygen atoms in total. The third-order valence-electron chi connectivity index (χ3n) is 3.21. The molecule has 2 aromatic carbocycles. The molecule has 0 aliphatic heterocycles. The molecule has 5 heteroatoms. The van der Waals surface area contributed by atoms with Crippen LogP contribution in [0.3, 0.4) is 0 Å². The van der Waals surface area contributed by atoms with Crippen LogP contribution in [0.4, 0.5) is 5.69 Å². The fourth-order valence-electron chi connectivity index (χ4n) is 2.21. The van der Waals surface area contributed by atoms with E-state index in [0.29, 0.717) is 13.2 Å². The van der Waals surface area contributed by atoms with Gasteiger partial charge in [0.05, 0.1) is 12.5 Å². The van der Waals surface area contributed by atoms with Gasteiger partial charge in [-0.3, -0.25) is 4.79 Å². The molecule has 0 radical (unpaired) electrons. The predicted molar refractivity (Wildman–Crippen MR) is 95.5 cm³/mol. The van der Waals surface area contributed by atoms with Gasteiger partial charge in [0.2, 0.25) is 5.91 Å². The summed E-state index contributed by atoms with van der Waals surface area (Å²) in [5.41, 5.74) is 6.99. The molecule has 128 valence electrons. The van der Waals surface area contributed by atoms with Crippen LogP contribution >= 0.6 is 0 Å². The van der Waals surface area contributed by atoms with Crippen molar-refractivity contribution in [1.82, 2.24) is 0 Å². The molecule has 1 amide bonds. The molecule has 0 bridgehead atoms. The molecule has 0 spiro atoms. The number of anilines is 1. The second-order valence-corrected chi connectivity index (χ2v) is 5.66. The fourth-order valence-corrected chi connectivity index (χ4v) is 2.21. The molecule has 0 aliphatic rings. The van der Waals surface area contributed by atoms with E-state index in [1.807, 2.05) is 38.1 Å². The van der Waals surface area contributed by atoms with Crippen LogP contribution < -0.4 is 20.5 Å². The van der Waals surface area contributed by atoms with E-state index >= 15 is 0 Å². The molecular weight excluding hydrogens is 304 g/mol. The van der Waals surface area contributed by atoms with Crippen molar-refractivity contribution in [2.75, 3.05) is 18.5 Å². The summed E-state index contributed by atoms with van der Waals surface area (Å²) in [7, 11) is 0. The van der Waals surface area contributed by atoms with Gasteiger partial charge in [0.25, 0.3) is 0 Å². The van der Waals surface area contributed by atoms with E-state index in [1.165, 1.54) is 0 Å². The van der Waals surface area contributed by atoms with Crippen LogP contribution in [0.1, 0.15) is 19.4 Å². The van der Waals surface area contributed by atoms with Crippen LogP contribution in [0.25, 0.3) is 0 Å². The second kappa shape index (κ2) is 8.93. The largest absolute Gasteiger partial charge is 0.492 e. The molecule has 0 saturated heterocycles. The molecule has 0 aliphatic carbocycles. The highest BCUT2D eigenvalue weighted by Crippen LogP contribution is 2.21. The number of benzene rings is 2. The molecule has 2 aromatic rings. The van der Waals surface area contributed by atoms with Crippen molar-refractivity contribution in [3.05, 3.63) is 54.1 Å². The van der Waals surface area contributed by atoms with Crippen molar-refractivity contribution in [2.45, 2.75) is 26.4 Å². The van der Waals surface area contributed by atoms with Crippen molar-refractivity contribution >= 4 is 11.6 Å². The van der Waals surface area contributed by atoms with E-state index in [9.17, 15) is 4.79 Å².